The van der Waals surface area contributed by atoms with Crippen molar-refractivity contribution in [1.82, 2.24) is 0 Å². The maximum atomic E-state index is 10.3. The number of aryl methyl sites for hydroxylation is 1. The van der Waals surface area contributed by atoms with Crippen LogP contribution in [-0.4, -0.2) is 23.9 Å². The van der Waals surface area contributed by atoms with Crippen molar-refractivity contribution in [3.05, 3.63) is 29.8 Å². The molecule has 1 aromatic carbocycles. The summed E-state index contributed by atoms with van der Waals surface area (Å²) in [6.07, 6.45) is 5.67. The average molecular weight is 263 g/mol. The van der Waals surface area contributed by atoms with E-state index in [1.54, 1.807) is 0 Å². The minimum atomic E-state index is -0.846. The van der Waals surface area contributed by atoms with E-state index in [0.29, 0.717) is 12.5 Å². The summed E-state index contributed by atoms with van der Waals surface area (Å²) in [7, 11) is 0. The van der Waals surface area contributed by atoms with Crippen molar-refractivity contribution in [3.8, 4) is 5.75 Å². The van der Waals surface area contributed by atoms with Crippen molar-refractivity contribution in [2.24, 2.45) is 11.7 Å². The number of hydrogen-bond acceptors (Lipinski definition) is 3. The third kappa shape index (κ3) is 3.95. The van der Waals surface area contributed by atoms with Gasteiger partial charge in [-0.3, -0.25) is 0 Å². The van der Waals surface area contributed by atoms with Crippen LogP contribution in [0.25, 0.3) is 0 Å². The zero-order valence-corrected chi connectivity index (χ0v) is 11.8. The largest absolute Gasteiger partial charge is 0.491 e. The van der Waals surface area contributed by atoms with Gasteiger partial charge >= 0.3 is 0 Å². The van der Waals surface area contributed by atoms with E-state index in [1.807, 2.05) is 12.1 Å². The Bertz CT molecular complexity index is 386. The first kappa shape index (κ1) is 14.4. The van der Waals surface area contributed by atoms with Crippen LogP contribution >= 0.6 is 0 Å². The summed E-state index contributed by atoms with van der Waals surface area (Å²) in [5, 5.41) is 10.3. The van der Waals surface area contributed by atoms with Crippen molar-refractivity contribution < 1.29 is 9.84 Å². The Morgan fingerprint density at radius 3 is 2.53 bits per heavy atom. The topological polar surface area (TPSA) is 55.5 Å². The molecular weight excluding hydrogens is 238 g/mol. The number of aliphatic hydroxyl groups is 1. The monoisotopic (exact) mass is 263 g/mol. The Hall–Kier alpha value is -1.06. The standard InChI is InChI=1S/C16H25NO2/c1-2-3-4-13-5-9-15(10-6-13)19-12-16(18,11-17)14-7-8-14/h5-6,9-10,14,18H,2-4,7-8,11-12,17H2,1H3. The minimum Gasteiger partial charge on any atom is -0.491 e. The fraction of sp³-hybridized carbons (Fsp3) is 0.625. The molecule has 0 aliphatic heterocycles. The highest BCUT2D eigenvalue weighted by molar-refractivity contribution is 5.27. The lowest BCUT2D eigenvalue weighted by atomic mass is 9.99. The number of ether oxygens (including phenoxy) is 1. The molecule has 2 rings (SSSR count). The Morgan fingerprint density at radius 1 is 1.32 bits per heavy atom. The van der Waals surface area contributed by atoms with E-state index in [0.717, 1.165) is 25.0 Å². The summed E-state index contributed by atoms with van der Waals surface area (Å²) in [6, 6.07) is 8.16. The Labute approximate surface area is 115 Å². The molecule has 0 radical (unpaired) electrons. The maximum Gasteiger partial charge on any atom is 0.119 e. The first-order valence-electron chi connectivity index (χ1n) is 7.32. The van der Waals surface area contributed by atoms with E-state index in [1.165, 1.54) is 18.4 Å². The molecule has 1 atom stereocenters. The van der Waals surface area contributed by atoms with Gasteiger partial charge in [0.1, 0.15) is 18.0 Å². The molecule has 0 aromatic heterocycles. The SMILES string of the molecule is CCCCc1ccc(OCC(O)(CN)C2CC2)cc1. The highest BCUT2D eigenvalue weighted by Crippen LogP contribution is 2.39. The van der Waals surface area contributed by atoms with E-state index >= 15 is 0 Å². The molecule has 1 aliphatic rings. The Kier molecular flexibility index (Phi) is 4.83. The molecule has 1 aromatic rings. The Morgan fingerprint density at radius 2 is 2.00 bits per heavy atom. The van der Waals surface area contributed by atoms with Crippen LogP contribution < -0.4 is 10.5 Å². The number of rotatable bonds is 8. The van der Waals surface area contributed by atoms with Gasteiger partial charge in [-0.1, -0.05) is 25.5 Å². The molecule has 19 heavy (non-hydrogen) atoms. The van der Waals surface area contributed by atoms with E-state index in [9.17, 15) is 5.11 Å². The van der Waals surface area contributed by atoms with Gasteiger partial charge in [0, 0.05) is 6.54 Å². The second kappa shape index (κ2) is 6.40. The van der Waals surface area contributed by atoms with E-state index < -0.39 is 5.60 Å². The predicted molar refractivity (Wildman–Crippen MR) is 77.3 cm³/mol. The summed E-state index contributed by atoms with van der Waals surface area (Å²) in [4.78, 5) is 0. The van der Waals surface area contributed by atoms with E-state index in [-0.39, 0.29) is 6.54 Å². The molecule has 1 saturated carbocycles. The van der Waals surface area contributed by atoms with Crippen molar-refractivity contribution in [3.63, 3.8) is 0 Å². The zero-order chi connectivity index (χ0) is 13.7. The van der Waals surface area contributed by atoms with Crippen LogP contribution in [0.3, 0.4) is 0 Å². The van der Waals surface area contributed by atoms with Crippen molar-refractivity contribution >= 4 is 0 Å². The van der Waals surface area contributed by atoms with E-state index in [4.69, 9.17) is 10.5 Å². The molecule has 1 fully saturated rings. The summed E-state index contributed by atoms with van der Waals surface area (Å²) in [5.74, 6) is 1.13. The number of unbranched alkanes of at least 4 members (excludes halogenated alkanes) is 1. The van der Waals surface area contributed by atoms with Gasteiger partial charge in [0.2, 0.25) is 0 Å². The first-order valence-corrected chi connectivity index (χ1v) is 7.32. The average Bonchev–Trinajstić information content (AvgIpc) is 3.28. The molecule has 0 spiro atoms. The molecule has 0 saturated heterocycles. The molecule has 106 valence electrons. The molecule has 3 heteroatoms. The second-order valence-electron chi connectivity index (χ2n) is 5.62. The third-order valence-electron chi connectivity index (χ3n) is 3.92. The fourth-order valence-electron chi connectivity index (χ4n) is 2.31. The molecule has 3 nitrogen and oxygen atoms in total. The zero-order valence-electron chi connectivity index (χ0n) is 11.8. The summed E-state index contributed by atoms with van der Waals surface area (Å²) < 4.78 is 5.69. The van der Waals surface area contributed by atoms with Gasteiger partial charge in [0.05, 0.1) is 0 Å². The van der Waals surface area contributed by atoms with Crippen LogP contribution in [-0.2, 0) is 6.42 Å². The summed E-state index contributed by atoms with van der Waals surface area (Å²) in [6.45, 7) is 2.76. The van der Waals surface area contributed by atoms with E-state index in [2.05, 4.69) is 19.1 Å². The number of hydrogen-bond donors (Lipinski definition) is 2. The van der Waals surface area contributed by atoms with Gasteiger partial charge in [-0.05, 0) is 49.3 Å². The lowest BCUT2D eigenvalue weighted by Crippen LogP contribution is -2.45. The van der Waals surface area contributed by atoms with Gasteiger partial charge in [-0.2, -0.15) is 0 Å². The number of benzene rings is 1. The van der Waals surface area contributed by atoms with Crippen molar-refractivity contribution in [1.29, 1.82) is 0 Å². The van der Waals surface area contributed by atoms with Gasteiger partial charge in [0.15, 0.2) is 0 Å². The second-order valence-corrected chi connectivity index (χ2v) is 5.62. The highest BCUT2D eigenvalue weighted by Gasteiger charge is 2.43. The molecule has 0 amide bonds. The van der Waals surface area contributed by atoms with Crippen LogP contribution in [0.1, 0.15) is 38.2 Å². The maximum absolute atomic E-state index is 10.3. The van der Waals surface area contributed by atoms with Crippen molar-refractivity contribution in [2.75, 3.05) is 13.2 Å². The molecule has 1 aliphatic carbocycles. The number of nitrogens with two attached hydrogens (primary N) is 1. The third-order valence-corrected chi connectivity index (χ3v) is 3.92. The quantitative estimate of drug-likeness (QED) is 0.757. The first-order chi connectivity index (χ1) is 9.18. The minimum absolute atomic E-state index is 0.270. The molecule has 0 bridgehead atoms. The summed E-state index contributed by atoms with van der Waals surface area (Å²) in [5.41, 5.74) is 6.15. The lowest BCUT2D eigenvalue weighted by Gasteiger charge is -2.26. The summed E-state index contributed by atoms with van der Waals surface area (Å²) >= 11 is 0. The van der Waals surface area contributed by atoms with Gasteiger partial charge < -0.3 is 15.6 Å². The molecular formula is C16H25NO2. The van der Waals surface area contributed by atoms with Crippen LogP contribution in [0, 0.1) is 5.92 Å². The van der Waals surface area contributed by atoms with Crippen molar-refractivity contribution in [2.45, 2.75) is 44.6 Å². The highest BCUT2D eigenvalue weighted by atomic mass is 16.5. The molecule has 1 unspecified atom stereocenters. The predicted octanol–water partition coefficient (Wildman–Crippen LogP) is 2.51. The van der Waals surface area contributed by atoms with Gasteiger partial charge in [-0.25, -0.2) is 0 Å². The van der Waals surface area contributed by atoms with Crippen LogP contribution in [0.2, 0.25) is 0 Å². The van der Waals surface area contributed by atoms with Crippen LogP contribution in [0.5, 0.6) is 5.75 Å². The smallest absolute Gasteiger partial charge is 0.119 e. The normalized spacial score (nSPS) is 18.1. The molecule has 0 heterocycles. The fourth-order valence-corrected chi connectivity index (χ4v) is 2.31. The lowest BCUT2D eigenvalue weighted by molar-refractivity contribution is -0.0162. The molecule has 3 N–H and O–H groups in total. The van der Waals surface area contributed by atoms with Crippen LogP contribution in [0.15, 0.2) is 24.3 Å². The van der Waals surface area contributed by atoms with Gasteiger partial charge in [0.25, 0.3) is 0 Å². The van der Waals surface area contributed by atoms with Gasteiger partial charge in [-0.15, -0.1) is 0 Å². The Balaban J connectivity index is 1.85. The van der Waals surface area contributed by atoms with Crippen LogP contribution in [0.4, 0.5) is 0 Å².